The van der Waals surface area contributed by atoms with E-state index in [-0.39, 0.29) is 11.9 Å². The molecule has 6 heteroatoms. The highest BCUT2D eigenvalue weighted by Gasteiger charge is 2.21. The van der Waals surface area contributed by atoms with Crippen LogP contribution in [-0.2, 0) is 14.3 Å². The van der Waals surface area contributed by atoms with Crippen molar-refractivity contribution >= 4 is 11.9 Å². The van der Waals surface area contributed by atoms with Crippen LogP contribution in [0.25, 0.3) is 0 Å². The van der Waals surface area contributed by atoms with Gasteiger partial charge in [0.1, 0.15) is 6.26 Å². The van der Waals surface area contributed by atoms with Crippen molar-refractivity contribution in [2.24, 2.45) is 10.9 Å². The molecule has 0 aromatic carbocycles. The fourth-order valence-electron chi connectivity index (χ4n) is 1.84. The molecule has 1 unspecified atom stereocenters. The van der Waals surface area contributed by atoms with Crippen molar-refractivity contribution < 1.29 is 19.4 Å². The first kappa shape index (κ1) is 14.3. The molecule has 6 nitrogen and oxygen atoms in total. The summed E-state index contributed by atoms with van der Waals surface area (Å²) in [5, 5.41) is 11.9. The van der Waals surface area contributed by atoms with E-state index < -0.39 is 0 Å². The van der Waals surface area contributed by atoms with Gasteiger partial charge < -0.3 is 19.9 Å². The summed E-state index contributed by atoms with van der Waals surface area (Å²) in [5.74, 6) is 1.03. The minimum atomic E-state index is -0.178. The SMILES string of the molecule is COC(=O)CCCCC1CN/C(=C\O)N=C1OC. The molecule has 1 aliphatic heterocycles. The van der Waals surface area contributed by atoms with Gasteiger partial charge in [0.25, 0.3) is 0 Å². The molecule has 0 saturated heterocycles. The Hall–Kier alpha value is -1.72. The van der Waals surface area contributed by atoms with E-state index >= 15 is 0 Å². The number of methoxy groups -OCH3 is 2. The Kier molecular flexibility index (Phi) is 6.04. The van der Waals surface area contributed by atoms with Gasteiger partial charge >= 0.3 is 5.97 Å². The van der Waals surface area contributed by atoms with E-state index in [2.05, 4.69) is 15.0 Å². The van der Waals surface area contributed by atoms with Crippen LogP contribution in [0, 0.1) is 5.92 Å². The maximum absolute atomic E-state index is 10.9. The molecule has 1 aliphatic rings. The molecule has 0 radical (unpaired) electrons. The Balaban J connectivity index is 2.36. The maximum atomic E-state index is 10.9. The first-order chi connectivity index (χ1) is 8.71. The first-order valence-electron chi connectivity index (χ1n) is 5.99. The zero-order chi connectivity index (χ0) is 13.4. The molecule has 18 heavy (non-hydrogen) atoms. The van der Waals surface area contributed by atoms with Crippen LogP contribution >= 0.6 is 0 Å². The lowest BCUT2D eigenvalue weighted by molar-refractivity contribution is -0.140. The topological polar surface area (TPSA) is 80.2 Å². The van der Waals surface area contributed by atoms with E-state index in [1.54, 1.807) is 7.11 Å². The van der Waals surface area contributed by atoms with E-state index in [1.807, 2.05) is 0 Å². The summed E-state index contributed by atoms with van der Waals surface area (Å²) >= 11 is 0. The van der Waals surface area contributed by atoms with Crippen LogP contribution in [0.5, 0.6) is 0 Å². The van der Waals surface area contributed by atoms with Crippen molar-refractivity contribution in [2.45, 2.75) is 25.7 Å². The van der Waals surface area contributed by atoms with Gasteiger partial charge in [-0.15, -0.1) is 0 Å². The number of aliphatic hydroxyl groups excluding tert-OH is 1. The lowest BCUT2D eigenvalue weighted by Gasteiger charge is -2.23. The molecule has 0 aromatic heterocycles. The fourth-order valence-corrected chi connectivity index (χ4v) is 1.84. The number of aliphatic hydroxyl groups is 1. The van der Waals surface area contributed by atoms with Crippen LogP contribution in [0.1, 0.15) is 25.7 Å². The van der Waals surface area contributed by atoms with Gasteiger partial charge in [-0.05, 0) is 12.8 Å². The van der Waals surface area contributed by atoms with Gasteiger partial charge in [0.2, 0.25) is 0 Å². The summed E-state index contributed by atoms with van der Waals surface area (Å²) in [6, 6.07) is 0. The van der Waals surface area contributed by atoms with Gasteiger partial charge in [0, 0.05) is 13.0 Å². The molecule has 0 fully saturated rings. The zero-order valence-corrected chi connectivity index (χ0v) is 10.8. The van der Waals surface area contributed by atoms with Crippen LogP contribution < -0.4 is 5.32 Å². The van der Waals surface area contributed by atoms with Crippen LogP contribution in [0.4, 0.5) is 0 Å². The Labute approximate surface area is 107 Å². The van der Waals surface area contributed by atoms with E-state index in [1.165, 1.54) is 7.11 Å². The highest BCUT2D eigenvalue weighted by molar-refractivity contribution is 5.80. The first-order valence-corrected chi connectivity index (χ1v) is 5.99. The maximum Gasteiger partial charge on any atom is 0.305 e. The molecule has 1 rings (SSSR count). The summed E-state index contributed by atoms with van der Waals surface area (Å²) in [5.41, 5.74) is 0. The molecule has 102 valence electrons. The smallest absolute Gasteiger partial charge is 0.305 e. The van der Waals surface area contributed by atoms with Crippen molar-refractivity contribution in [1.29, 1.82) is 0 Å². The Morgan fingerprint density at radius 1 is 1.56 bits per heavy atom. The second kappa shape index (κ2) is 7.58. The summed E-state index contributed by atoms with van der Waals surface area (Å²) in [4.78, 5) is 15.1. The fraction of sp³-hybridized carbons (Fsp3) is 0.667. The predicted octanol–water partition coefficient (Wildman–Crippen LogP) is 1.34. The number of ether oxygens (including phenoxy) is 2. The molecule has 1 atom stereocenters. The summed E-state index contributed by atoms with van der Waals surface area (Å²) in [6.07, 6.45) is 3.95. The highest BCUT2D eigenvalue weighted by Crippen LogP contribution is 2.17. The van der Waals surface area contributed by atoms with Crippen LogP contribution in [0.3, 0.4) is 0 Å². The van der Waals surface area contributed by atoms with E-state index in [0.29, 0.717) is 24.7 Å². The number of rotatable bonds is 5. The molecule has 0 spiro atoms. The van der Waals surface area contributed by atoms with Crippen molar-refractivity contribution in [2.75, 3.05) is 20.8 Å². The quantitative estimate of drug-likeness (QED) is 0.441. The molecule has 0 saturated carbocycles. The number of carbonyl (C=O) groups excluding carboxylic acids is 1. The number of nitrogens with zero attached hydrogens (tertiary/aromatic N) is 1. The molecular weight excluding hydrogens is 236 g/mol. The van der Waals surface area contributed by atoms with Crippen LogP contribution in [0.2, 0.25) is 0 Å². The second-order valence-corrected chi connectivity index (χ2v) is 4.07. The van der Waals surface area contributed by atoms with Crippen molar-refractivity contribution in [3.05, 3.63) is 12.1 Å². The van der Waals surface area contributed by atoms with Crippen LogP contribution in [-0.4, -0.2) is 37.7 Å². The molecular formula is C12H20N2O4. The molecule has 0 aliphatic carbocycles. The van der Waals surface area contributed by atoms with E-state index in [0.717, 1.165) is 25.5 Å². The number of aliphatic imine (C=N–C) groups is 1. The summed E-state index contributed by atoms with van der Waals surface area (Å²) < 4.78 is 9.78. The minimum Gasteiger partial charge on any atom is -0.512 e. The number of esters is 1. The lowest BCUT2D eigenvalue weighted by atomic mass is 10.00. The van der Waals surface area contributed by atoms with Crippen molar-refractivity contribution in [1.82, 2.24) is 5.32 Å². The minimum absolute atomic E-state index is 0.177. The zero-order valence-electron chi connectivity index (χ0n) is 10.8. The van der Waals surface area contributed by atoms with Crippen molar-refractivity contribution in [3.63, 3.8) is 0 Å². The van der Waals surface area contributed by atoms with Crippen LogP contribution in [0.15, 0.2) is 17.1 Å². The Morgan fingerprint density at radius 2 is 2.33 bits per heavy atom. The number of hydrogen-bond acceptors (Lipinski definition) is 6. The summed E-state index contributed by atoms with van der Waals surface area (Å²) in [7, 11) is 2.96. The average molecular weight is 256 g/mol. The molecule has 0 amide bonds. The number of carbonyl (C=O) groups is 1. The summed E-state index contributed by atoms with van der Waals surface area (Å²) in [6.45, 7) is 0.678. The van der Waals surface area contributed by atoms with Gasteiger partial charge in [0.15, 0.2) is 11.7 Å². The predicted molar refractivity (Wildman–Crippen MR) is 67.1 cm³/mol. The molecule has 0 aromatic rings. The largest absolute Gasteiger partial charge is 0.512 e. The van der Waals surface area contributed by atoms with E-state index in [9.17, 15) is 4.79 Å². The molecule has 2 N–H and O–H groups in total. The standard InChI is InChI=1S/C12H20N2O4/c1-17-11(16)6-4-3-5-9-7-13-10(8-15)14-12(9)18-2/h8-9,13,15H,3-7H2,1-2H3/b10-8+. The van der Waals surface area contributed by atoms with Gasteiger partial charge in [-0.1, -0.05) is 6.42 Å². The van der Waals surface area contributed by atoms with E-state index in [4.69, 9.17) is 9.84 Å². The Morgan fingerprint density at radius 3 is 2.94 bits per heavy atom. The normalized spacial score (nSPS) is 21.1. The third-order valence-electron chi connectivity index (χ3n) is 2.85. The van der Waals surface area contributed by atoms with Gasteiger partial charge in [-0.2, -0.15) is 4.99 Å². The monoisotopic (exact) mass is 256 g/mol. The van der Waals surface area contributed by atoms with Crippen molar-refractivity contribution in [3.8, 4) is 0 Å². The van der Waals surface area contributed by atoms with Gasteiger partial charge in [0.05, 0.1) is 20.1 Å². The Bertz CT molecular complexity index is 339. The van der Waals surface area contributed by atoms with Gasteiger partial charge in [-0.25, -0.2) is 0 Å². The molecule has 1 heterocycles. The van der Waals surface area contributed by atoms with Gasteiger partial charge in [-0.3, -0.25) is 4.79 Å². The molecule has 0 bridgehead atoms. The third-order valence-corrected chi connectivity index (χ3v) is 2.85. The third kappa shape index (κ3) is 4.27. The average Bonchev–Trinajstić information content (AvgIpc) is 2.43. The highest BCUT2D eigenvalue weighted by atomic mass is 16.5. The second-order valence-electron chi connectivity index (χ2n) is 4.07. The number of hydrogen-bond donors (Lipinski definition) is 2. The number of unbranched alkanes of at least 4 members (excludes halogenated alkanes) is 1. The lowest BCUT2D eigenvalue weighted by Crippen LogP contribution is -2.34. The number of nitrogens with one attached hydrogen (secondary N) is 1.